The van der Waals surface area contributed by atoms with Gasteiger partial charge in [-0.2, -0.15) is 0 Å². The summed E-state index contributed by atoms with van der Waals surface area (Å²) in [6, 6.07) is 28.9. The zero-order chi connectivity index (χ0) is 18.6. The molecule has 4 rings (SSSR count). The van der Waals surface area contributed by atoms with Crippen molar-refractivity contribution in [2.75, 3.05) is 0 Å². The van der Waals surface area contributed by atoms with Crippen LogP contribution in [-0.2, 0) is 0 Å². The number of halogens is 1. The number of carbonyl (C=O) groups is 1. The van der Waals surface area contributed by atoms with Crippen molar-refractivity contribution in [1.29, 1.82) is 0 Å². The quantitative estimate of drug-likeness (QED) is 0.304. The van der Waals surface area contributed by atoms with Gasteiger partial charge in [-0.15, -0.1) is 0 Å². The minimum absolute atomic E-state index is 0.0985. The Bertz CT molecular complexity index is 962. The van der Waals surface area contributed by atoms with E-state index in [4.69, 9.17) is 0 Å². The van der Waals surface area contributed by atoms with Gasteiger partial charge in [-0.05, 0) is 0 Å². The Labute approximate surface area is 174 Å². The van der Waals surface area contributed by atoms with Gasteiger partial charge in [0.15, 0.2) is 0 Å². The number of hydrogen-bond acceptors (Lipinski definition) is 1. The van der Waals surface area contributed by atoms with Gasteiger partial charge in [0.2, 0.25) is 0 Å². The number of Topliss-reactive ketones (excluding diaryl/α,β-unsaturated/α-hetero) is 1. The van der Waals surface area contributed by atoms with Crippen LogP contribution in [0.25, 0.3) is 11.1 Å². The Hall–Kier alpha value is -1.93. The summed E-state index contributed by atoms with van der Waals surface area (Å²) in [5, 5.41) is 0.994. The SMILES string of the molecule is O=C(c1ccc(Br)cc1)C1CC(c2ccccc2)=C(c2ccccc2)C[Se]1. The first kappa shape index (κ1) is 18.4. The zero-order valence-electron chi connectivity index (χ0n) is 14.8. The summed E-state index contributed by atoms with van der Waals surface area (Å²) >= 11 is 3.71. The van der Waals surface area contributed by atoms with Gasteiger partial charge in [-0.1, -0.05) is 0 Å². The Balaban J connectivity index is 1.70. The molecular weight excluding hydrogens is 463 g/mol. The summed E-state index contributed by atoms with van der Waals surface area (Å²) in [5.41, 5.74) is 6.07. The van der Waals surface area contributed by atoms with E-state index in [1.54, 1.807) is 0 Å². The van der Waals surface area contributed by atoms with Crippen LogP contribution in [0, 0.1) is 0 Å². The van der Waals surface area contributed by atoms with Gasteiger partial charge in [-0.3, -0.25) is 0 Å². The molecule has 1 aliphatic rings. The van der Waals surface area contributed by atoms with Crippen LogP contribution in [-0.4, -0.2) is 20.7 Å². The molecule has 0 amide bonds. The van der Waals surface area contributed by atoms with Gasteiger partial charge >= 0.3 is 175 Å². The second-order valence-corrected chi connectivity index (χ2v) is 9.98. The molecule has 3 aromatic carbocycles. The molecule has 1 unspecified atom stereocenters. The number of ketones is 1. The maximum atomic E-state index is 13.1. The van der Waals surface area contributed by atoms with E-state index in [2.05, 4.69) is 70.5 Å². The van der Waals surface area contributed by atoms with Crippen LogP contribution in [0.2, 0.25) is 10.1 Å². The fourth-order valence-electron chi connectivity index (χ4n) is 3.44. The van der Waals surface area contributed by atoms with Crippen molar-refractivity contribution in [2.24, 2.45) is 0 Å². The first-order valence-corrected chi connectivity index (χ1v) is 12.0. The molecule has 134 valence electrons. The molecule has 3 aromatic rings. The molecule has 0 radical (unpaired) electrons. The number of benzene rings is 3. The van der Waals surface area contributed by atoms with Crippen LogP contribution in [0.15, 0.2) is 89.4 Å². The molecular formula is C24H19BrOSe. The molecule has 0 aliphatic carbocycles. The summed E-state index contributed by atoms with van der Waals surface area (Å²) < 4.78 is 1.00. The number of allylic oxidation sites excluding steroid dienone is 2. The van der Waals surface area contributed by atoms with Crippen molar-refractivity contribution in [1.82, 2.24) is 0 Å². The molecule has 27 heavy (non-hydrogen) atoms. The molecule has 3 heteroatoms. The predicted molar refractivity (Wildman–Crippen MR) is 117 cm³/mol. The first-order valence-electron chi connectivity index (χ1n) is 8.96. The van der Waals surface area contributed by atoms with E-state index in [-0.39, 0.29) is 25.6 Å². The topological polar surface area (TPSA) is 17.1 Å². The van der Waals surface area contributed by atoms with Crippen LogP contribution in [0.5, 0.6) is 0 Å². The van der Waals surface area contributed by atoms with Gasteiger partial charge in [-0.25, -0.2) is 0 Å². The molecule has 1 nitrogen and oxygen atoms in total. The van der Waals surface area contributed by atoms with Crippen molar-refractivity contribution in [3.05, 3.63) is 106 Å². The Morgan fingerprint density at radius 2 is 1.33 bits per heavy atom. The summed E-state index contributed by atoms with van der Waals surface area (Å²) in [5.74, 6) is 0.281. The molecule has 0 saturated heterocycles. The molecule has 1 heterocycles. The standard InChI is InChI=1S/C24H19BrOSe/c25-20-13-11-19(12-14-20)24(26)23-15-21(17-7-3-1-4-8-17)22(16-27-23)18-9-5-2-6-10-18/h1-14,23H,15-16H2. The number of hydrogen-bond donors (Lipinski definition) is 0. The van der Waals surface area contributed by atoms with E-state index in [1.165, 1.54) is 22.3 Å². The van der Waals surface area contributed by atoms with E-state index >= 15 is 0 Å². The first-order chi connectivity index (χ1) is 13.2. The van der Waals surface area contributed by atoms with Crippen LogP contribution >= 0.6 is 15.9 Å². The van der Waals surface area contributed by atoms with Crippen molar-refractivity contribution >= 4 is 47.8 Å². The Morgan fingerprint density at radius 1 is 0.778 bits per heavy atom. The second kappa shape index (κ2) is 8.39. The molecule has 1 atom stereocenters. The fraction of sp³-hybridized carbons (Fsp3) is 0.125. The normalized spacial score (nSPS) is 17.0. The van der Waals surface area contributed by atoms with Gasteiger partial charge in [0, 0.05) is 0 Å². The van der Waals surface area contributed by atoms with Crippen molar-refractivity contribution < 1.29 is 4.79 Å². The van der Waals surface area contributed by atoms with E-state index in [0.29, 0.717) is 0 Å². The fourth-order valence-corrected chi connectivity index (χ4v) is 6.39. The van der Waals surface area contributed by atoms with Crippen LogP contribution < -0.4 is 0 Å². The van der Waals surface area contributed by atoms with Crippen LogP contribution in [0.4, 0.5) is 0 Å². The molecule has 1 aliphatic heterocycles. The molecule has 0 bridgehead atoms. The van der Waals surface area contributed by atoms with Crippen molar-refractivity contribution in [2.45, 2.75) is 16.6 Å². The molecule has 0 fully saturated rings. The van der Waals surface area contributed by atoms with Gasteiger partial charge < -0.3 is 0 Å². The Morgan fingerprint density at radius 3 is 1.93 bits per heavy atom. The Kier molecular flexibility index (Phi) is 5.73. The molecule has 0 aromatic heterocycles. The summed E-state index contributed by atoms with van der Waals surface area (Å²) in [6.07, 6.45) is 0.823. The van der Waals surface area contributed by atoms with E-state index in [9.17, 15) is 4.79 Å². The van der Waals surface area contributed by atoms with Crippen molar-refractivity contribution in [3.63, 3.8) is 0 Å². The van der Waals surface area contributed by atoms with Crippen LogP contribution in [0.3, 0.4) is 0 Å². The molecule has 0 saturated carbocycles. The van der Waals surface area contributed by atoms with Gasteiger partial charge in [0.1, 0.15) is 0 Å². The van der Waals surface area contributed by atoms with Crippen molar-refractivity contribution in [3.8, 4) is 0 Å². The van der Waals surface area contributed by atoms with Gasteiger partial charge in [0.05, 0.1) is 0 Å². The average Bonchev–Trinajstić information content (AvgIpc) is 2.74. The second-order valence-electron chi connectivity index (χ2n) is 6.56. The zero-order valence-corrected chi connectivity index (χ0v) is 18.1. The number of rotatable bonds is 4. The third-order valence-electron chi connectivity index (χ3n) is 4.85. The van der Waals surface area contributed by atoms with E-state index in [0.717, 1.165) is 21.8 Å². The third-order valence-corrected chi connectivity index (χ3v) is 7.98. The monoisotopic (exact) mass is 482 g/mol. The van der Waals surface area contributed by atoms with Crippen LogP contribution in [0.1, 0.15) is 27.9 Å². The summed E-state index contributed by atoms with van der Waals surface area (Å²) in [7, 11) is 0. The molecule has 0 N–H and O–H groups in total. The maximum absolute atomic E-state index is 13.1. The minimum atomic E-state index is 0.0985. The van der Waals surface area contributed by atoms with E-state index in [1.807, 2.05) is 30.3 Å². The van der Waals surface area contributed by atoms with E-state index < -0.39 is 0 Å². The predicted octanol–water partition coefficient (Wildman–Crippen LogP) is 6.56. The number of carbonyl (C=O) groups excluding carboxylic acids is 1. The summed E-state index contributed by atoms with van der Waals surface area (Å²) in [6.45, 7) is 0. The average molecular weight is 482 g/mol. The van der Waals surface area contributed by atoms with Gasteiger partial charge in [0.25, 0.3) is 0 Å². The molecule has 0 spiro atoms. The third kappa shape index (κ3) is 4.16. The summed E-state index contributed by atoms with van der Waals surface area (Å²) in [4.78, 5) is 13.2.